The second-order valence-electron chi connectivity index (χ2n) is 9.24. The maximum atomic E-state index is 6.06. The van der Waals surface area contributed by atoms with Crippen LogP contribution in [-0.4, -0.2) is 26.8 Å². The lowest BCUT2D eigenvalue weighted by Crippen LogP contribution is -2.29. The fraction of sp³-hybridized carbons (Fsp3) is 0.167. The third-order valence-corrected chi connectivity index (χ3v) is 7.98. The van der Waals surface area contributed by atoms with Crippen LogP contribution in [0.3, 0.4) is 0 Å². The van der Waals surface area contributed by atoms with Gasteiger partial charge in [0, 0.05) is 34.8 Å². The van der Waals surface area contributed by atoms with Crippen molar-refractivity contribution in [2.75, 3.05) is 12.0 Å². The van der Waals surface area contributed by atoms with Crippen LogP contribution in [0.25, 0.3) is 5.13 Å². The number of nitrogens with zero attached hydrogens (tertiary/aromatic N) is 4. The molecular formula is C30H27N5O2S2. The molecule has 1 saturated heterocycles. The Morgan fingerprint density at radius 2 is 1.62 bits per heavy atom. The van der Waals surface area contributed by atoms with Crippen molar-refractivity contribution in [3.8, 4) is 22.4 Å². The van der Waals surface area contributed by atoms with Crippen molar-refractivity contribution in [2.45, 2.75) is 25.9 Å². The largest absolute Gasteiger partial charge is 0.497 e. The Labute approximate surface area is 236 Å². The highest BCUT2D eigenvalue weighted by Gasteiger charge is 2.42. The molecule has 9 heteroatoms. The number of benzene rings is 2. The van der Waals surface area contributed by atoms with Crippen LogP contribution in [0.2, 0.25) is 0 Å². The molecule has 1 aliphatic rings. The third kappa shape index (κ3) is 4.75. The molecule has 1 aliphatic heterocycles. The maximum absolute atomic E-state index is 6.06. The molecule has 4 heterocycles. The molecule has 5 aromatic rings. The molecule has 196 valence electrons. The lowest BCUT2D eigenvalue weighted by Gasteiger charge is -2.28. The van der Waals surface area contributed by atoms with E-state index in [1.54, 1.807) is 18.4 Å². The monoisotopic (exact) mass is 553 g/mol. The van der Waals surface area contributed by atoms with Crippen molar-refractivity contribution < 1.29 is 9.47 Å². The second kappa shape index (κ2) is 10.5. The molecule has 7 nitrogen and oxygen atoms in total. The van der Waals surface area contributed by atoms with E-state index in [1.807, 2.05) is 84.5 Å². The number of pyridine rings is 1. The van der Waals surface area contributed by atoms with Gasteiger partial charge >= 0.3 is 0 Å². The average Bonchev–Trinajstić information content (AvgIpc) is 3.68. The summed E-state index contributed by atoms with van der Waals surface area (Å²) < 4.78 is 13.5. The molecule has 0 saturated carbocycles. The van der Waals surface area contributed by atoms with Crippen molar-refractivity contribution in [1.82, 2.24) is 19.9 Å². The molecule has 6 rings (SSSR count). The average molecular weight is 554 g/mol. The van der Waals surface area contributed by atoms with E-state index >= 15 is 0 Å². The Bertz CT molecular complexity index is 1580. The number of thiazole rings is 1. The van der Waals surface area contributed by atoms with Gasteiger partial charge in [-0.1, -0.05) is 6.07 Å². The topological polar surface area (TPSA) is 64.4 Å². The normalized spacial score (nSPS) is 16.8. The highest BCUT2D eigenvalue weighted by molar-refractivity contribution is 7.80. The number of aromatic nitrogens is 3. The summed E-state index contributed by atoms with van der Waals surface area (Å²) in [6.07, 6.45) is 3.66. The van der Waals surface area contributed by atoms with Crippen molar-refractivity contribution >= 4 is 34.4 Å². The van der Waals surface area contributed by atoms with Gasteiger partial charge in [-0.25, -0.2) is 4.98 Å². The lowest BCUT2D eigenvalue weighted by atomic mass is 9.96. The highest BCUT2D eigenvalue weighted by atomic mass is 32.1. The quantitative estimate of drug-likeness (QED) is 0.219. The first-order valence-electron chi connectivity index (χ1n) is 12.5. The van der Waals surface area contributed by atoms with Gasteiger partial charge in [-0.15, -0.1) is 11.3 Å². The van der Waals surface area contributed by atoms with Crippen LogP contribution >= 0.6 is 23.6 Å². The van der Waals surface area contributed by atoms with Gasteiger partial charge in [0.05, 0.1) is 24.9 Å². The number of nitrogens with one attached hydrogen (secondary N) is 1. The van der Waals surface area contributed by atoms with E-state index in [4.69, 9.17) is 21.7 Å². The Balaban J connectivity index is 1.37. The standard InChI is InChI=1S/C30H27N5O2S2/c1-19-18-25(20(2)34(19)30-32-16-17-39-30)28-27(26-6-4-5-15-31-26)33-29(38)35(28)21-7-9-23(10-8-21)37-24-13-11-22(36-3)12-14-24/h4-18,27-28H,1-3H3,(H,33,38)/t27-,28+/m1/s1. The van der Waals surface area contributed by atoms with Crippen molar-refractivity contribution in [1.29, 1.82) is 0 Å². The summed E-state index contributed by atoms with van der Waals surface area (Å²) in [6.45, 7) is 4.26. The summed E-state index contributed by atoms with van der Waals surface area (Å²) in [6, 6.07) is 23.5. The number of anilines is 1. The first-order valence-corrected chi connectivity index (χ1v) is 13.8. The zero-order valence-electron chi connectivity index (χ0n) is 21.7. The van der Waals surface area contributed by atoms with E-state index in [-0.39, 0.29) is 12.1 Å². The van der Waals surface area contributed by atoms with Gasteiger partial charge in [0.2, 0.25) is 0 Å². The third-order valence-electron chi connectivity index (χ3n) is 6.91. The molecule has 39 heavy (non-hydrogen) atoms. The Kier molecular flexibility index (Phi) is 6.76. The molecule has 0 aliphatic carbocycles. The maximum Gasteiger partial charge on any atom is 0.193 e. The highest BCUT2D eigenvalue weighted by Crippen LogP contribution is 2.44. The summed E-state index contributed by atoms with van der Waals surface area (Å²) in [5, 5.41) is 7.15. The van der Waals surface area contributed by atoms with Gasteiger partial charge in [-0.3, -0.25) is 9.55 Å². The van der Waals surface area contributed by atoms with Gasteiger partial charge in [0.25, 0.3) is 0 Å². The Morgan fingerprint density at radius 1 is 0.897 bits per heavy atom. The van der Waals surface area contributed by atoms with E-state index in [1.165, 1.54) is 5.56 Å². The molecule has 2 atom stereocenters. The number of aryl methyl sites for hydroxylation is 1. The van der Waals surface area contributed by atoms with E-state index in [9.17, 15) is 0 Å². The molecule has 1 fully saturated rings. The van der Waals surface area contributed by atoms with Crippen molar-refractivity contribution in [3.05, 3.63) is 113 Å². The summed E-state index contributed by atoms with van der Waals surface area (Å²) >= 11 is 7.55. The first-order chi connectivity index (χ1) is 19.0. The van der Waals surface area contributed by atoms with Gasteiger partial charge < -0.3 is 19.7 Å². The zero-order valence-corrected chi connectivity index (χ0v) is 23.4. The molecular weight excluding hydrogens is 526 g/mol. The molecule has 0 bridgehead atoms. The van der Waals surface area contributed by atoms with Crippen molar-refractivity contribution in [3.63, 3.8) is 0 Å². The SMILES string of the molecule is COc1ccc(Oc2ccc(N3C(=S)N[C@H](c4ccccn4)[C@@H]3c3cc(C)n(-c4nccs4)c3C)cc2)cc1. The number of methoxy groups -OCH3 is 1. The number of hydrogen-bond acceptors (Lipinski definition) is 6. The summed E-state index contributed by atoms with van der Waals surface area (Å²) in [4.78, 5) is 11.4. The second-order valence-corrected chi connectivity index (χ2v) is 10.5. The molecule has 0 amide bonds. The molecule has 1 N–H and O–H groups in total. The number of hydrogen-bond donors (Lipinski definition) is 1. The van der Waals surface area contributed by atoms with E-state index < -0.39 is 0 Å². The van der Waals surface area contributed by atoms with Crippen LogP contribution in [0, 0.1) is 13.8 Å². The van der Waals surface area contributed by atoms with Gasteiger partial charge in [-0.05, 0) is 98.4 Å². The summed E-state index contributed by atoms with van der Waals surface area (Å²) in [5.74, 6) is 2.27. The molecule has 0 spiro atoms. The zero-order chi connectivity index (χ0) is 26.9. The smallest absolute Gasteiger partial charge is 0.193 e. The fourth-order valence-electron chi connectivity index (χ4n) is 5.11. The summed E-state index contributed by atoms with van der Waals surface area (Å²) in [5.41, 5.74) is 5.33. The molecule has 0 unspecified atom stereocenters. The first kappa shape index (κ1) is 25.1. The lowest BCUT2D eigenvalue weighted by molar-refractivity contribution is 0.413. The van der Waals surface area contributed by atoms with Gasteiger partial charge in [0.15, 0.2) is 10.2 Å². The van der Waals surface area contributed by atoms with E-state index in [0.717, 1.165) is 45.1 Å². The number of thiocarbonyl (C=S) groups is 1. The van der Waals surface area contributed by atoms with E-state index in [2.05, 4.69) is 44.7 Å². The minimum atomic E-state index is -0.126. The minimum Gasteiger partial charge on any atom is -0.497 e. The van der Waals surface area contributed by atoms with E-state index in [0.29, 0.717) is 5.11 Å². The summed E-state index contributed by atoms with van der Waals surface area (Å²) in [7, 11) is 1.65. The molecule has 3 aromatic heterocycles. The fourth-order valence-corrected chi connectivity index (χ4v) is 6.21. The van der Waals surface area contributed by atoms with Gasteiger partial charge in [-0.2, -0.15) is 0 Å². The van der Waals surface area contributed by atoms with Crippen LogP contribution in [0.4, 0.5) is 5.69 Å². The van der Waals surface area contributed by atoms with Crippen LogP contribution in [-0.2, 0) is 0 Å². The Morgan fingerprint density at radius 3 is 2.26 bits per heavy atom. The van der Waals surface area contributed by atoms with Gasteiger partial charge in [0.1, 0.15) is 17.2 Å². The number of ether oxygens (including phenoxy) is 2. The van der Waals surface area contributed by atoms with Crippen LogP contribution in [0.1, 0.15) is 34.7 Å². The number of rotatable bonds is 7. The van der Waals surface area contributed by atoms with Crippen molar-refractivity contribution in [2.24, 2.45) is 0 Å². The Hall–Kier alpha value is -4.21. The van der Waals surface area contributed by atoms with Crippen LogP contribution in [0.5, 0.6) is 17.2 Å². The minimum absolute atomic E-state index is 0.110. The van der Waals surface area contributed by atoms with Crippen LogP contribution < -0.4 is 19.7 Å². The molecule has 0 radical (unpaired) electrons. The van der Waals surface area contributed by atoms with Crippen LogP contribution in [0.15, 0.2) is 90.6 Å². The predicted octanol–water partition coefficient (Wildman–Crippen LogP) is 6.92. The predicted molar refractivity (Wildman–Crippen MR) is 158 cm³/mol. The molecule has 2 aromatic carbocycles.